The van der Waals surface area contributed by atoms with Crippen molar-refractivity contribution in [1.29, 1.82) is 5.26 Å². The van der Waals surface area contributed by atoms with E-state index in [4.69, 9.17) is 35.3 Å². The summed E-state index contributed by atoms with van der Waals surface area (Å²) < 4.78 is 60.1. The number of rotatable bonds is 34. The first-order valence-electron chi connectivity index (χ1n) is 27.9. The van der Waals surface area contributed by atoms with Gasteiger partial charge in [0.15, 0.2) is 5.82 Å². The number of fused-ring (bicyclic) bond motifs is 2. The number of hydrogen-bond acceptors (Lipinski definition) is 20. The molecule has 0 aliphatic heterocycles. The van der Waals surface area contributed by atoms with E-state index in [1.54, 1.807) is 43.7 Å². The maximum Gasteiger partial charge on any atom is 0.326 e. The quantitative estimate of drug-likeness (QED) is 0.0240. The van der Waals surface area contributed by atoms with Gasteiger partial charge in [0.2, 0.25) is 5.91 Å². The van der Waals surface area contributed by atoms with Gasteiger partial charge in [0.25, 0.3) is 11.5 Å². The van der Waals surface area contributed by atoms with Gasteiger partial charge in [-0.2, -0.15) is 10.2 Å². The van der Waals surface area contributed by atoms with Gasteiger partial charge in [0.1, 0.15) is 34.6 Å². The summed E-state index contributed by atoms with van der Waals surface area (Å²) in [6.45, 7) is 9.28. The van der Waals surface area contributed by atoms with Gasteiger partial charge in [-0.3, -0.25) is 19.1 Å². The maximum atomic E-state index is 15.5. The number of H-pyrrole nitrogens is 1. The fraction of sp³-hybridized carbons (Fsp3) is 0.390. The lowest BCUT2D eigenvalue weighted by Crippen LogP contribution is -2.41. The van der Waals surface area contributed by atoms with E-state index in [9.17, 15) is 33.9 Å². The number of thiophene rings is 1. The number of nitriles is 1. The van der Waals surface area contributed by atoms with Crippen molar-refractivity contribution >= 4 is 73.3 Å². The number of carboxylic acid groups (broad SMARTS) is 1. The molecule has 0 unspecified atom stereocenters. The van der Waals surface area contributed by atoms with Crippen LogP contribution in [0.2, 0.25) is 5.02 Å². The van der Waals surface area contributed by atoms with E-state index >= 15 is 4.39 Å². The molecule has 0 aliphatic carbocycles. The van der Waals surface area contributed by atoms with E-state index < -0.39 is 35.6 Å². The molecular formula is C59H65ClF2N14O10S. The molecule has 458 valence electrons. The summed E-state index contributed by atoms with van der Waals surface area (Å²) in [5.41, 5.74) is 3.97. The molecular weight excluding hydrogens is 1170 g/mol. The Bertz CT molecular complexity index is 3770. The van der Waals surface area contributed by atoms with E-state index in [1.165, 1.54) is 48.0 Å². The number of hydrogen-bond donors (Lipinski definition) is 5. The standard InChI is InChI=1S/C59H65ClF2N14O10S/c1-35(42-26-38(29-63)8-10-44(42)61)68-55-52(60)36(2)67-48-28-45(62)53(72-54(48)55)40-30-65-59(66-31-40)86-18-7-5-6-17-76-33-41(73-74-76)34-85-25-24-84-23-22-83-21-20-82-19-16-64-50(77)14-12-47(58(80)81)71-57(79)49-13-15-51(87-49)75(4)32-39-9-11-46-43(27-39)56(78)70-37(3)69-46/h8-11,13,15,26-28,30-31,33,35,47H,5-7,12,14,16-25,32,34H2,1-4H3,(H,64,77)(H,67,68)(H,71,79)(H,80,81)(H,69,70,78)/t35-,47-/m0/s1. The Morgan fingerprint density at radius 3 is 2.39 bits per heavy atom. The molecule has 2 atom stereocenters. The fourth-order valence-corrected chi connectivity index (χ4v) is 10.0. The number of halogens is 3. The van der Waals surface area contributed by atoms with Gasteiger partial charge in [-0.1, -0.05) is 22.9 Å². The number of carboxylic acids is 1. The Balaban J connectivity index is 0.618. The van der Waals surface area contributed by atoms with Gasteiger partial charge in [-0.15, -0.1) is 16.4 Å². The van der Waals surface area contributed by atoms with Crippen LogP contribution in [-0.2, 0) is 48.2 Å². The van der Waals surface area contributed by atoms with Crippen LogP contribution in [-0.4, -0.2) is 140 Å². The van der Waals surface area contributed by atoms with Crippen molar-refractivity contribution in [1.82, 2.24) is 55.5 Å². The van der Waals surface area contributed by atoms with Crippen molar-refractivity contribution in [3.63, 3.8) is 0 Å². The van der Waals surface area contributed by atoms with Crippen molar-refractivity contribution in [2.45, 2.75) is 84.7 Å². The number of nitrogens with zero attached hydrogens (tertiary/aromatic N) is 10. The van der Waals surface area contributed by atoms with Gasteiger partial charge in [-0.05, 0) is 94.5 Å². The Labute approximate surface area is 507 Å². The van der Waals surface area contributed by atoms with Crippen molar-refractivity contribution in [2.24, 2.45) is 0 Å². The van der Waals surface area contributed by atoms with Crippen LogP contribution >= 0.6 is 22.9 Å². The zero-order valence-corrected chi connectivity index (χ0v) is 49.8. The van der Waals surface area contributed by atoms with Crippen LogP contribution < -0.4 is 31.1 Å². The fourth-order valence-electron chi connectivity index (χ4n) is 8.95. The number of nitrogens with one attached hydrogen (secondary N) is 4. The molecule has 28 heteroatoms. The maximum absolute atomic E-state index is 15.5. The minimum absolute atomic E-state index is 0.0415. The molecule has 2 aromatic carbocycles. The van der Waals surface area contributed by atoms with Crippen molar-refractivity contribution in [3.8, 4) is 23.3 Å². The lowest BCUT2D eigenvalue weighted by atomic mass is 10.0. The molecule has 8 rings (SSSR count). The Hall–Kier alpha value is -8.65. The minimum atomic E-state index is -1.28. The number of aliphatic carboxylic acids is 1. The van der Waals surface area contributed by atoms with Crippen LogP contribution in [0.3, 0.4) is 0 Å². The number of pyridine rings is 2. The topological polar surface area (TPSA) is 309 Å². The number of aromatic nitrogens is 9. The molecule has 24 nitrogen and oxygen atoms in total. The zero-order valence-electron chi connectivity index (χ0n) is 48.2. The largest absolute Gasteiger partial charge is 0.480 e. The second kappa shape index (κ2) is 31.7. The predicted molar refractivity (Wildman–Crippen MR) is 320 cm³/mol. The van der Waals surface area contributed by atoms with Gasteiger partial charge >= 0.3 is 12.0 Å². The third-order valence-electron chi connectivity index (χ3n) is 13.4. The van der Waals surface area contributed by atoms with E-state index in [-0.39, 0.29) is 83.0 Å². The first-order valence-corrected chi connectivity index (χ1v) is 29.1. The van der Waals surface area contributed by atoms with Crippen molar-refractivity contribution in [3.05, 3.63) is 139 Å². The first kappa shape index (κ1) is 64.4. The van der Waals surface area contributed by atoms with Crippen molar-refractivity contribution < 1.29 is 52.0 Å². The van der Waals surface area contributed by atoms with Gasteiger partial charge < -0.3 is 54.6 Å². The highest BCUT2D eigenvalue weighted by Crippen LogP contribution is 2.37. The second-order valence-corrected chi connectivity index (χ2v) is 21.5. The van der Waals surface area contributed by atoms with E-state index in [1.807, 2.05) is 36.3 Å². The number of carbonyl (C=O) groups is 3. The SMILES string of the molecule is Cc1nc(=O)c2cc(CN(C)c3ccc(C(=O)N[C@@H](CCC(=O)NCCOCCOCCOCCOCc4cn(CCCCCOc5ncc(-c6nc7c(N[C@@H](C)c8cc(C#N)ccc8F)c(Cl)c(C)nc7cc6F)cn5)nn4)C(=O)O)s3)ccc2[nH]1. The Kier molecular flexibility index (Phi) is 23.4. The number of aryl methyl sites for hydroxylation is 3. The van der Waals surface area contributed by atoms with Gasteiger partial charge in [0, 0.05) is 62.7 Å². The lowest BCUT2D eigenvalue weighted by molar-refractivity contribution is -0.139. The summed E-state index contributed by atoms with van der Waals surface area (Å²) in [7, 11) is 1.85. The Morgan fingerprint density at radius 1 is 0.897 bits per heavy atom. The van der Waals surface area contributed by atoms with E-state index in [0.29, 0.717) is 104 Å². The van der Waals surface area contributed by atoms with E-state index in [2.05, 4.69) is 56.2 Å². The number of carbonyl (C=O) groups excluding carboxylic acids is 2. The van der Waals surface area contributed by atoms with Crippen LogP contribution in [0.25, 0.3) is 33.2 Å². The van der Waals surface area contributed by atoms with Crippen LogP contribution in [0.1, 0.15) is 88.6 Å². The summed E-state index contributed by atoms with van der Waals surface area (Å²) in [4.78, 5) is 76.6. The van der Waals surface area contributed by atoms with Crippen LogP contribution in [0.4, 0.5) is 19.5 Å². The molecule has 0 aliphatic rings. The number of benzene rings is 2. The number of ether oxygens (including phenoxy) is 5. The molecule has 2 amide bonds. The van der Waals surface area contributed by atoms with Crippen LogP contribution in [0.5, 0.6) is 6.01 Å². The molecule has 0 fully saturated rings. The molecule has 8 aromatic rings. The second-order valence-electron chi connectivity index (χ2n) is 20.1. The van der Waals surface area contributed by atoms with Gasteiger partial charge in [0.05, 0.1) is 126 Å². The number of anilines is 2. The normalized spacial score (nSPS) is 12.0. The predicted octanol–water partition coefficient (Wildman–Crippen LogP) is 7.80. The monoisotopic (exact) mass is 1230 g/mol. The molecule has 5 N–H and O–H groups in total. The molecule has 0 saturated carbocycles. The molecule has 0 bridgehead atoms. The lowest BCUT2D eigenvalue weighted by Gasteiger charge is -2.20. The molecule has 0 spiro atoms. The van der Waals surface area contributed by atoms with Gasteiger partial charge in [-0.25, -0.2) is 33.5 Å². The highest BCUT2D eigenvalue weighted by molar-refractivity contribution is 7.18. The highest BCUT2D eigenvalue weighted by atomic mass is 35.5. The molecule has 87 heavy (non-hydrogen) atoms. The van der Waals surface area contributed by atoms with Crippen LogP contribution in [0.15, 0.2) is 78.0 Å². The Morgan fingerprint density at radius 2 is 1.64 bits per heavy atom. The third-order valence-corrected chi connectivity index (χ3v) is 15.1. The zero-order chi connectivity index (χ0) is 61.8. The minimum Gasteiger partial charge on any atom is -0.480 e. The molecule has 6 heterocycles. The summed E-state index contributed by atoms with van der Waals surface area (Å²) in [5.74, 6) is -2.83. The third kappa shape index (κ3) is 18.4. The molecule has 6 aromatic heterocycles. The summed E-state index contributed by atoms with van der Waals surface area (Å²) in [6.07, 6.45) is 6.80. The van der Waals surface area contributed by atoms with E-state index in [0.717, 1.165) is 29.8 Å². The average molecular weight is 1240 g/mol. The summed E-state index contributed by atoms with van der Waals surface area (Å²) in [5, 5.41) is 37.3. The number of amides is 2. The summed E-state index contributed by atoms with van der Waals surface area (Å²) >= 11 is 7.87. The number of unbranched alkanes of at least 4 members (excludes halogenated alkanes) is 2. The smallest absolute Gasteiger partial charge is 0.326 e. The number of aromatic amines is 1. The average Bonchev–Trinajstić information content (AvgIpc) is 4.08. The first-order chi connectivity index (χ1) is 42.0. The van der Waals surface area contributed by atoms with Crippen LogP contribution in [0, 0.1) is 36.8 Å². The highest BCUT2D eigenvalue weighted by Gasteiger charge is 2.24. The molecule has 0 radical (unpaired) electrons. The molecule has 0 saturated heterocycles. The van der Waals surface area contributed by atoms with Crippen molar-refractivity contribution in [2.75, 3.05) is 76.7 Å². The summed E-state index contributed by atoms with van der Waals surface area (Å²) in [6, 6.07) is 14.4.